The number of amides is 1. The van der Waals surface area contributed by atoms with E-state index in [2.05, 4.69) is 22.1 Å². The second-order valence-electron chi connectivity index (χ2n) is 4.82. The maximum Gasteiger partial charge on any atom is 0.338 e. The molecule has 0 saturated heterocycles. The van der Waals surface area contributed by atoms with Gasteiger partial charge in [-0.1, -0.05) is 6.92 Å². The number of aromatic carboxylic acids is 1. The van der Waals surface area contributed by atoms with Crippen LogP contribution in [0.25, 0.3) is 0 Å². The van der Waals surface area contributed by atoms with Gasteiger partial charge in [0.25, 0.3) is 5.91 Å². The molecule has 1 aliphatic carbocycles. The van der Waals surface area contributed by atoms with Crippen LogP contribution in [-0.4, -0.2) is 52.5 Å². The van der Waals surface area contributed by atoms with Gasteiger partial charge in [-0.05, 0) is 31.5 Å². The quantitative estimate of drug-likeness (QED) is 0.776. The summed E-state index contributed by atoms with van der Waals surface area (Å²) in [5.41, 5.74) is -0.103. The number of nitrogens with one attached hydrogen (secondary N) is 1. The summed E-state index contributed by atoms with van der Waals surface area (Å²) < 4.78 is 0. The number of pyridine rings is 1. The molecule has 1 aromatic rings. The summed E-state index contributed by atoms with van der Waals surface area (Å²) in [4.78, 5) is 29.2. The molecule has 1 fully saturated rings. The van der Waals surface area contributed by atoms with Crippen molar-refractivity contribution >= 4 is 11.9 Å². The number of hydrogen-bond donors (Lipinski definition) is 2. The van der Waals surface area contributed by atoms with E-state index < -0.39 is 11.9 Å². The van der Waals surface area contributed by atoms with Crippen LogP contribution in [0.3, 0.4) is 0 Å². The standard InChI is InChI=1S/C14H19N3O3/c1-2-17(10-5-6-10)9-8-16-13(18)12-11(14(19)20)4-3-7-15-12/h3-4,7,10H,2,5-6,8-9H2,1H3,(H,16,18)(H,19,20). The zero-order valence-corrected chi connectivity index (χ0v) is 11.5. The van der Waals surface area contributed by atoms with Crippen LogP contribution in [0, 0.1) is 0 Å². The van der Waals surface area contributed by atoms with Crippen molar-refractivity contribution in [3.63, 3.8) is 0 Å². The topological polar surface area (TPSA) is 82.5 Å². The van der Waals surface area contributed by atoms with Gasteiger partial charge in [0.2, 0.25) is 0 Å². The fourth-order valence-corrected chi connectivity index (χ4v) is 2.19. The van der Waals surface area contributed by atoms with Crippen molar-refractivity contribution in [1.82, 2.24) is 15.2 Å². The van der Waals surface area contributed by atoms with Crippen LogP contribution >= 0.6 is 0 Å². The lowest BCUT2D eigenvalue weighted by Crippen LogP contribution is -2.36. The third-order valence-electron chi connectivity index (χ3n) is 3.41. The van der Waals surface area contributed by atoms with E-state index in [1.165, 1.54) is 31.2 Å². The Kier molecular flexibility index (Phi) is 4.68. The van der Waals surface area contributed by atoms with Gasteiger partial charge in [0.1, 0.15) is 5.69 Å². The van der Waals surface area contributed by atoms with Gasteiger partial charge in [-0.3, -0.25) is 14.7 Å². The van der Waals surface area contributed by atoms with Gasteiger partial charge in [0, 0.05) is 25.3 Å². The van der Waals surface area contributed by atoms with E-state index in [1.54, 1.807) is 0 Å². The number of carbonyl (C=O) groups is 2. The van der Waals surface area contributed by atoms with Gasteiger partial charge in [-0.2, -0.15) is 0 Å². The molecule has 1 aromatic heterocycles. The molecule has 20 heavy (non-hydrogen) atoms. The molecule has 2 N–H and O–H groups in total. The van der Waals surface area contributed by atoms with Gasteiger partial charge >= 0.3 is 5.97 Å². The molecule has 6 heteroatoms. The fourth-order valence-electron chi connectivity index (χ4n) is 2.19. The Morgan fingerprint density at radius 3 is 2.85 bits per heavy atom. The number of carboxylic acid groups (broad SMARTS) is 1. The largest absolute Gasteiger partial charge is 0.478 e. The minimum absolute atomic E-state index is 0.0329. The van der Waals surface area contributed by atoms with E-state index >= 15 is 0 Å². The maximum atomic E-state index is 12.0. The van der Waals surface area contributed by atoms with E-state index in [0.29, 0.717) is 12.6 Å². The third-order valence-corrected chi connectivity index (χ3v) is 3.41. The second kappa shape index (κ2) is 6.47. The molecule has 0 atom stereocenters. The lowest BCUT2D eigenvalue weighted by Gasteiger charge is -2.19. The molecule has 1 aliphatic rings. The summed E-state index contributed by atoms with van der Waals surface area (Å²) in [5.74, 6) is -1.58. The maximum absolute atomic E-state index is 12.0. The highest BCUT2D eigenvalue weighted by atomic mass is 16.4. The van der Waals surface area contributed by atoms with E-state index in [0.717, 1.165) is 13.1 Å². The highest BCUT2D eigenvalue weighted by Crippen LogP contribution is 2.25. The predicted octanol–water partition coefficient (Wildman–Crippen LogP) is 0.994. The van der Waals surface area contributed by atoms with Crippen molar-refractivity contribution in [1.29, 1.82) is 0 Å². The minimum atomic E-state index is -1.14. The molecule has 108 valence electrons. The molecule has 0 spiro atoms. The molecule has 1 saturated carbocycles. The van der Waals surface area contributed by atoms with Crippen molar-refractivity contribution in [2.24, 2.45) is 0 Å². The monoisotopic (exact) mass is 277 g/mol. The number of carbonyl (C=O) groups excluding carboxylic acids is 1. The number of rotatable bonds is 7. The molecule has 6 nitrogen and oxygen atoms in total. The van der Waals surface area contributed by atoms with E-state index in [1.807, 2.05) is 0 Å². The lowest BCUT2D eigenvalue weighted by atomic mass is 10.2. The van der Waals surface area contributed by atoms with Gasteiger partial charge < -0.3 is 10.4 Å². The predicted molar refractivity (Wildman–Crippen MR) is 73.8 cm³/mol. The first kappa shape index (κ1) is 14.5. The molecular formula is C14H19N3O3. The minimum Gasteiger partial charge on any atom is -0.478 e. The number of aromatic nitrogens is 1. The summed E-state index contributed by atoms with van der Waals surface area (Å²) >= 11 is 0. The van der Waals surface area contributed by atoms with Crippen molar-refractivity contribution in [2.75, 3.05) is 19.6 Å². The summed E-state index contributed by atoms with van der Waals surface area (Å²) in [5, 5.41) is 11.8. The molecule has 0 aromatic carbocycles. The summed E-state index contributed by atoms with van der Waals surface area (Å²) in [6.07, 6.45) is 3.88. The highest BCUT2D eigenvalue weighted by molar-refractivity contribution is 6.03. The summed E-state index contributed by atoms with van der Waals surface area (Å²) in [6, 6.07) is 3.54. The van der Waals surface area contributed by atoms with Crippen molar-refractivity contribution in [3.8, 4) is 0 Å². The highest BCUT2D eigenvalue weighted by Gasteiger charge is 2.27. The Morgan fingerprint density at radius 1 is 1.50 bits per heavy atom. The van der Waals surface area contributed by atoms with Crippen molar-refractivity contribution < 1.29 is 14.7 Å². The first-order chi connectivity index (χ1) is 9.63. The van der Waals surface area contributed by atoms with Gasteiger partial charge in [0.15, 0.2) is 0 Å². The zero-order chi connectivity index (χ0) is 14.5. The molecule has 0 bridgehead atoms. The molecule has 0 radical (unpaired) electrons. The average molecular weight is 277 g/mol. The van der Waals surface area contributed by atoms with Crippen LogP contribution in [-0.2, 0) is 0 Å². The first-order valence-corrected chi connectivity index (χ1v) is 6.84. The van der Waals surface area contributed by atoms with Crippen LogP contribution in [0.2, 0.25) is 0 Å². The van der Waals surface area contributed by atoms with Gasteiger partial charge in [0.05, 0.1) is 5.56 Å². The number of carboxylic acids is 1. The fraction of sp³-hybridized carbons (Fsp3) is 0.500. The average Bonchev–Trinajstić information content (AvgIpc) is 3.28. The number of hydrogen-bond acceptors (Lipinski definition) is 4. The second-order valence-corrected chi connectivity index (χ2v) is 4.82. The Labute approximate surface area is 117 Å². The van der Waals surface area contributed by atoms with E-state index in [9.17, 15) is 9.59 Å². The van der Waals surface area contributed by atoms with Crippen LogP contribution in [0.15, 0.2) is 18.3 Å². The Balaban J connectivity index is 1.90. The SMILES string of the molecule is CCN(CCNC(=O)c1ncccc1C(=O)O)C1CC1. The molecule has 2 rings (SSSR count). The normalized spacial score (nSPS) is 14.3. The van der Waals surface area contributed by atoms with Crippen molar-refractivity contribution in [2.45, 2.75) is 25.8 Å². The Morgan fingerprint density at radius 2 is 2.25 bits per heavy atom. The van der Waals surface area contributed by atoms with E-state index in [4.69, 9.17) is 5.11 Å². The van der Waals surface area contributed by atoms with E-state index in [-0.39, 0.29) is 11.3 Å². The molecule has 0 unspecified atom stereocenters. The van der Waals surface area contributed by atoms with Crippen LogP contribution in [0.1, 0.15) is 40.6 Å². The van der Waals surface area contributed by atoms with Gasteiger partial charge in [-0.15, -0.1) is 0 Å². The Bertz CT molecular complexity index is 500. The lowest BCUT2D eigenvalue weighted by molar-refractivity contribution is 0.0690. The molecule has 0 aliphatic heterocycles. The Hall–Kier alpha value is -1.95. The van der Waals surface area contributed by atoms with Crippen LogP contribution < -0.4 is 5.32 Å². The van der Waals surface area contributed by atoms with Crippen molar-refractivity contribution in [3.05, 3.63) is 29.6 Å². The number of likely N-dealkylation sites (N-methyl/N-ethyl adjacent to an activating group) is 1. The smallest absolute Gasteiger partial charge is 0.338 e. The van der Waals surface area contributed by atoms with Crippen LogP contribution in [0.4, 0.5) is 0 Å². The van der Waals surface area contributed by atoms with Crippen LogP contribution in [0.5, 0.6) is 0 Å². The van der Waals surface area contributed by atoms with Gasteiger partial charge in [-0.25, -0.2) is 4.79 Å². The first-order valence-electron chi connectivity index (χ1n) is 6.84. The molecular weight excluding hydrogens is 258 g/mol. The molecule has 1 heterocycles. The summed E-state index contributed by atoms with van der Waals surface area (Å²) in [6.45, 7) is 4.34. The third kappa shape index (κ3) is 3.54. The molecule has 1 amide bonds. The summed E-state index contributed by atoms with van der Waals surface area (Å²) in [7, 11) is 0. The number of nitrogens with zero attached hydrogens (tertiary/aromatic N) is 2. The zero-order valence-electron chi connectivity index (χ0n) is 11.5.